The normalized spacial score (nSPS) is 10.7. The van der Waals surface area contributed by atoms with Crippen molar-refractivity contribution in [1.29, 1.82) is 0 Å². The molecule has 0 unspecified atom stereocenters. The number of halogens is 1. The SMILES string of the molecule is CC(=O)Nc1ccc(NC(=O)c2c(C)nc3c(C)cc(Br)cn23)cc1. The van der Waals surface area contributed by atoms with Gasteiger partial charge in [-0.05, 0) is 65.7 Å². The van der Waals surface area contributed by atoms with Crippen molar-refractivity contribution >= 4 is 44.8 Å². The number of aromatic nitrogens is 2. The summed E-state index contributed by atoms with van der Waals surface area (Å²) < 4.78 is 2.67. The fourth-order valence-electron chi connectivity index (χ4n) is 2.69. The van der Waals surface area contributed by atoms with E-state index in [1.165, 1.54) is 6.92 Å². The first kappa shape index (κ1) is 17.2. The number of carbonyl (C=O) groups excluding carboxylic acids is 2. The van der Waals surface area contributed by atoms with E-state index in [-0.39, 0.29) is 11.8 Å². The minimum absolute atomic E-state index is 0.140. The molecule has 128 valence electrons. The number of nitrogens with zero attached hydrogens (tertiary/aromatic N) is 2. The lowest BCUT2D eigenvalue weighted by Crippen LogP contribution is -2.15. The van der Waals surface area contributed by atoms with Gasteiger partial charge in [0.05, 0.1) is 5.69 Å². The molecule has 0 atom stereocenters. The van der Waals surface area contributed by atoms with Crippen LogP contribution in [0.1, 0.15) is 28.7 Å². The summed E-state index contributed by atoms with van der Waals surface area (Å²) in [6.07, 6.45) is 1.83. The van der Waals surface area contributed by atoms with Crippen LogP contribution in [0.25, 0.3) is 5.65 Å². The van der Waals surface area contributed by atoms with Gasteiger partial charge in [-0.3, -0.25) is 14.0 Å². The van der Waals surface area contributed by atoms with Crippen LogP contribution in [-0.2, 0) is 4.79 Å². The lowest BCUT2D eigenvalue weighted by atomic mass is 10.2. The first-order valence-electron chi connectivity index (χ1n) is 7.69. The fourth-order valence-corrected chi connectivity index (χ4v) is 3.23. The molecule has 3 rings (SSSR count). The minimum Gasteiger partial charge on any atom is -0.326 e. The third kappa shape index (κ3) is 3.56. The van der Waals surface area contributed by atoms with Gasteiger partial charge < -0.3 is 10.6 Å². The number of pyridine rings is 1. The van der Waals surface area contributed by atoms with E-state index >= 15 is 0 Å². The second-order valence-corrected chi connectivity index (χ2v) is 6.71. The number of hydrogen-bond acceptors (Lipinski definition) is 3. The highest BCUT2D eigenvalue weighted by Crippen LogP contribution is 2.22. The summed E-state index contributed by atoms with van der Waals surface area (Å²) in [7, 11) is 0. The molecule has 0 spiro atoms. The fraction of sp³-hybridized carbons (Fsp3) is 0.167. The van der Waals surface area contributed by atoms with Crippen LogP contribution in [0, 0.1) is 13.8 Å². The van der Waals surface area contributed by atoms with Gasteiger partial charge in [0, 0.05) is 29.0 Å². The number of fused-ring (bicyclic) bond motifs is 1. The van der Waals surface area contributed by atoms with Crippen molar-refractivity contribution in [2.45, 2.75) is 20.8 Å². The first-order chi connectivity index (χ1) is 11.8. The molecule has 0 saturated carbocycles. The quantitative estimate of drug-likeness (QED) is 0.699. The zero-order valence-electron chi connectivity index (χ0n) is 14.1. The Bertz CT molecular complexity index is 977. The summed E-state index contributed by atoms with van der Waals surface area (Å²) >= 11 is 3.46. The number of hydrogen-bond donors (Lipinski definition) is 2. The largest absolute Gasteiger partial charge is 0.326 e. The van der Waals surface area contributed by atoms with Gasteiger partial charge in [-0.1, -0.05) is 0 Å². The van der Waals surface area contributed by atoms with E-state index in [9.17, 15) is 9.59 Å². The van der Waals surface area contributed by atoms with Gasteiger partial charge in [0.2, 0.25) is 5.91 Å². The first-order valence-corrected chi connectivity index (χ1v) is 8.48. The van der Waals surface area contributed by atoms with Gasteiger partial charge in [0.25, 0.3) is 5.91 Å². The Morgan fingerprint density at radius 2 is 1.68 bits per heavy atom. The van der Waals surface area contributed by atoms with Crippen LogP contribution in [0.2, 0.25) is 0 Å². The molecule has 0 aliphatic carbocycles. The Hall–Kier alpha value is -2.67. The predicted octanol–water partition coefficient (Wildman–Crippen LogP) is 3.92. The zero-order valence-corrected chi connectivity index (χ0v) is 15.6. The zero-order chi connectivity index (χ0) is 18.1. The van der Waals surface area contributed by atoms with Crippen LogP contribution in [0.4, 0.5) is 11.4 Å². The van der Waals surface area contributed by atoms with Crippen molar-refractivity contribution in [3.63, 3.8) is 0 Å². The number of imidazole rings is 1. The number of carbonyl (C=O) groups is 2. The summed E-state index contributed by atoms with van der Waals surface area (Å²) in [5.74, 6) is -0.381. The highest BCUT2D eigenvalue weighted by Gasteiger charge is 2.18. The van der Waals surface area contributed by atoms with Crippen LogP contribution in [-0.4, -0.2) is 21.2 Å². The second kappa shape index (κ2) is 6.68. The molecular weight excluding hydrogens is 384 g/mol. The summed E-state index contributed by atoms with van der Waals surface area (Å²) in [6.45, 7) is 5.22. The third-order valence-electron chi connectivity index (χ3n) is 3.72. The van der Waals surface area contributed by atoms with Gasteiger partial charge >= 0.3 is 0 Å². The lowest BCUT2D eigenvalue weighted by molar-refractivity contribution is -0.114. The molecule has 2 aromatic heterocycles. The average Bonchev–Trinajstić information content (AvgIpc) is 2.85. The monoisotopic (exact) mass is 400 g/mol. The van der Waals surface area contributed by atoms with Gasteiger partial charge in [-0.2, -0.15) is 0 Å². The molecule has 2 amide bonds. The van der Waals surface area contributed by atoms with Crippen LogP contribution >= 0.6 is 15.9 Å². The molecule has 0 aliphatic rings. The minimum atomic E-state index is -0.241. The number of rotatable bonds is 3. The second-order valence-electron chi connectivity index (χ2n) is 5.79. The van der Waals surface area contributed by atoms with E-state index in [1.54, 1.807) is 28.7 Å². The number of benzene rings is 1. The molecule has 2 heterocycles. The van der Waals surface area contributed by atoms with Gasteiger partial charge in [-0.15, -0.1) is 0 Å². The molecule has 3 aromatic rings. The molecule has 0 bridgehead atoms. The average molecular weight is 401 g/mol. The van der Waals surface area contributed by atoms with Gasteiger partial charge in [0.1, 0.15) is 11.3 Å². The number of anilines is 2. The van der Waals surface area contributed by atoms with E-state index < -0.39 is 0 Å². The van der Waals surface area contributed by atoms with E-state index in [0.29, 0.717) is 22.8 Å². The van der Waals surface area contributed by atoms with Crippen LogP contribution in [0.15, 0.2) is 41.0 Å². The van der Waals surface area contributed by atoms with E-state index in [2.05, 4.69) is 31.5 Å². The molecule has 1 aromatic carbocycles. The summed E-state index contributed by atoms with van der Waals surface area (Å²) in [5.41, 5.74) is 4.21. The summed E-state index contributed by atoms with van der Waals surface area (Å²) in [5, 5.41) is 5.56. The Balaban J connectivity index is 1.90. The number of nitrogens with one attached hydrogen (secondary N) is 2. The van der Waals surface area contributed by atoms with Crippen LogP contribution in [0.3, 0.4) is 0 Å². The summed E-state index contributed by atoms with van der Waals surface area (Å²) in [4.78, 5) is 28.3. The molecule has 0 fully saturated rings. The third-order valence-corrected chi connectivity index (χ3v) is 4.16. The maximum absolute atomic E-state index is 12.7. The van der Waals surface area contributed by atoms with Crippen LogP contribution in [0.5, 0.6) is 0 Å². The van der Waals surface area contributed by atoms with E-state index in [0.717, 1.165) is 15.7 Å². The number of amides is 2. The Labute approximate surface area is 153 Å². The van der Waals surface area contributed by atoms with Crippen molar-refractivity contribution in [3.8, 4) is 0 Å². The Morgan fingerprint density at radius 3 is 2.28 bits per heavy atom. The van der Waals surface area contributed by atoms with E-state index in [1.807, 2.05) is 26.1 Å². The van der Waals surface area contributed by atoms with Gasteiger partial charge in [-0.25, -0.2) is 4.98 Å². The lowest BCUT2D eigenvalue weighted by Gasteiger charge is -2.08. The van der Waals surface area contributed by atoms with Crippen LogP contribution < -0.4 is 10.6 Å². The maximum atomic E-state index is 12.7. The predicted molar refractivity (Wildman–Crippen MR) is 101 cm³/mol. The highest BCUT2D eigenvalue weighted by atomic mass is 79.9. The van der Waals surface area contributed by atoms with Crippen molar-refractivity contribution in [1.82, 2.24) is 9.38 Å². The molecule has 2 N–H and O–H groups in total. The number of aryl methyl sites for hydroxylation is 2. The molecule has 0 aliphatic heterocycles. The standard InChI is InChI=1S/C18H17BrN4O2/c1-10-8-13(19)9-23-16(11(2)20-17(10)23)18(25)22-15-6-4-14(5-7-15)21-12(3)24/h4-9H,1-3H3,(H,21,24)(H,22,25). The summed E-state index contributed by atoms with van der Waals surface area (Å²) in [6, 6.07) is 8.91. The molecule has 0 saturated heterocycles. The molecule has 7 heteroatoms. The van der Waals surface area contributed by atoms with E-state index in [4.69, 9.17) is 0 Å². The van der Waals surface area contributed by atoms with Crippen molar-refractivity contribution in [2.75, 3.05) is 10.6 Å². The Morgan fingerprint density at radius 1 is 1.08 bits per heavy atom. The molecule has 6 nitrogen and oxygen atoms in total. The van der Waals surface area contributed by atoms with Crippen molar-refractivity contribution in [3.05, 3.63) is 58.0 Å². The highest BCUT2D eigenvalue weighted by molar-refractivity contribution is 9.10. The van der Waals surface area contributed by atoms with Crippen molar-refractivity contribution < 1.29 is 9.59 Å². The van der Waals surface area contributed by atoms with Crippen molar-refractivity contribution in [2.24, 2.45) is 0 Å². The maximum Gasteiger partial charge on any atom is 0.274 e. The molecule has 25 heavy (non-hydrogen) atoms. The smallest absolute Gasteiger partial charge is 0.274 e. The topological polar surface area (TPSA) is 75.5 Å². The Kier molecular flexibility index (Phi) is 4.59. The van der Waals surface area contributed by atoms with Gasteiger partial charge in [0.15, 0.2) is 0 Å². The molecular formula is C18H17BrN4O2. The molecule has 0 radical (unpaired) electrons.